The summed E-state index contributed by atoms with van der Waals surface area (Å²) in [5.41, 5.74) is 3.11. The molecule has 0 saturated heterocycles. The van der Waals surface area contributed by atoms with Gasteiger partial charge in [0.25, 0.3) is 5.91 Å². The Balaban J connectivity index is 1.71. The van der Waals surface area contributed by atoms with E-state index in [2.05, 4.69) is 14.1 Å². The van der Waals surface area contributed by atoms with Crippen LogP contribution < -0.4 is 5.32 Å². The van der Waals surface area contributed by atoms with Gasteiger partial charge < -0.3 is 9.88 Å². The van der Waals surface area contributed by atoms with Crippen molar-refractivity contribution in [1.29, 1.82) is 0 Å². The summed E-state index contributed by atoms with van der Waals surface area (Å²) in [7, 11) is 0. The van der Waals surface area contributed by atoms with Crippen molar-refractivity contribution in [1.82, 2.24) is 13.3 Å². The predicted octanol–water partition coefficient (Wildman–Crippen LogP) is 3.72. The lowest BCUT2D eigenvalue weighted by molar-refractivity contribution is -0.118. The number of hydrogen-bond acceptors (Lipinski definition) is 4. The first kappa shape index (κ1) is 14.6. The SMILES string of the molecule is O=C(Nc1cccc2nsnc12)C(c1ccccc1)n1cccc1. The normalized spacial score (nSPS) is 12.2. The molecule has 1 atom stereocenters. The van der Waals surface area contributed by atoms with Gasteiger partial charge in [0.1, 0.15) is 17.1 Å². The fourth-order valence-corrected chi connectivity index (χ4v) is 3.27. The van der Waals surface area contributed by atoms with Crippen LogP contribution in [-0.4, -0.2) is 19.2 Å². The largest absolute Gasteiger partial charge is 0.338 e. The molecule has 2 aromatic carbocycles. The van der Waals surface area contributed by atoms with Crippen LogP contribution in [0.3, 0.4) is 0 Å². The van der Waals surface area contributed by atoms with Crippen molar-refractivity contribution in [2.45, 2.75) is 6.04 Å². The van der Waals surface area contributed by atoms with Crippen LogP contribution >= 0.6 is 11.7 Å². The second-order valence-corrected chi connectivity index (χ2v) is 5.90. The molecule has 0 aliphatic rings. The second kappa shape index (κ2) is 6.25. The van der Waals surface area contributed by atoms with E-state index in [1.165, 1.54) is 0 Å². The van der Waals surface area contributed by atoms with Crippen molar-refractivity contribution in [2.75, 3.05) is 5.32 Å². The number of amides is 1. The summed E-state index contributed by atoms with van der Waals surface area (Å²) < 4.78 is 10.4. The van der Waals surface area contributed by atoms with Crippen molar-refractivity contribution in [3.63, 3.8) is 0 Å². The smallest absolute Gasteiger partial charge is 0.252 e. The fraction of sp³-hybridized carbons (Fsp3) is 0.0556. The number of carbonyl (C=O) groups excluding carboxylic acids is 1. The molecule has 0 aliphatic carbocycles. The van der Waals surface area contributed by atoms with Gasteiger partial charge in [0, 0.05) is 12.4 Å². The summed E-state index contributed by atoms with van der Waals surface area (Å²) in [6.07, 6.45) is 3.78. The Bertz CT molecular complexity index is 963. The molecule has 2 aromatic heterocycles. The van der Waals surface area contributed by atoms with Gasteiger partial charge in [-0.1, -0.05) is 36.4 Å². The van der Waals surface area contributed by atoms with Gasteiger partial charge in [-0.15, -0.1) is 0 Å². The van der Waals surface area contributed by atoms with E-state index in [4.69, 9.17) is 0 Å². The third-order valence-electron chi connectivity index (χ3n) is 3.83. The Morgan fingerprint density at radius 1 is 0.958 bits per heavy atom. The van der Waals surface area contributed by atoms with E-state index in [1.54, 1.807) is 0 Å². The second-order valence-electron chi connectivity index (χ2n) is 5.37. The molecule has 1 N–H and O–H groups in total. The van der Waals surface area contributed by atoms with Crippen LogP contribution in [0.4, 0.5) is 5.69 Å². The number of aromatic nitrogens is 3. The zero-order valence-corrected chi connectivity index (χ0v) is 13.5. The van der Waals surface area contributed by atoms with Crippen molar-refractivity contribution in [2.24, 2.45) is 0 Å². The number of benzene rings is 2. The third-order valence-corrected chi connectivity index (χ3v) is 4.38. The van der Waals surface area contributed by atoms with E-state index >= 15 is 0 Å². The molecule has 118 valence electrons. The first-order valence-electron chi connectivity index (χ1n) is 7.52. The molecule has 4 rings (SSSR count). The topological polar surface area (TPSA) is 59.8 Å². The standard InChI is InChI=1S/C18H14N4OS/c23-18(19-14-9-6-10-15-16(14)21-24-20-15)17(22-11-4-5-12-22)13-7-2-1-3-8-13/h1-12,17H,(H,19,23). The number of fused-ring (bicyclic) bond motifs is 1. The van der Waals surface area contributed by atoms with Gasteiger partial charge in [-0.05, 0) is 29.8 Å². The van der Waals surface area contributed by atoms with Gasteiger partial charge in [-0.25, -0.2) is 0 Å². The maximum absolute atomic E-state index is 13.0. The highest BCUT2D eigenvalue weighted by atomic mass is 32.1. The molecule has 4 aromatic rings. The molecular formula is C18H14N4OS. The average Bonchev–Trinajstić information content (AvgIpc) is 3.28. The molecule has 5 nitrogen and oxygen atoms in total. The van der Waals surface area contributed by atoms with Crippen LogP contribution in [0.1, 0.15) is 11.6 Å². The molecule has 0 spiro atoms. The third kappa shape index (κ3) is 2.68. The van der Waals surface area contributed by atoms with Crippen LogP contribution in [0.25, 0.3) is 11.0 Å². The fourth-order valence-electron chi connectivity index (χ4n) is 2.72. The van der Waals surface area contributed by atoms with Gasteiger partial charge >= 0.3 is 0 Å². The highest BCUT2D eigenvalue weighted by Crippen LogP contribution is 2.25. The Morgan fingerprint density at radius 2 is 1.75 bits per heavy atom. The van der Waals surface area contributed by atoms with Crippen molar-refractivity contribution in [3.05, 3.63) is 78.6 Å². The summed E-state index contributed by atoms with van der Waals surface area (Å²) in [5, 5.41) is 3.00. The lowest BCUT2D eigenvalue weighted by atomic mass is 10.1. The highest BCUT2D eigenvalue weighted by molar-refractivity contribution is 7.00. The molecule has 0 bridgehead atoms. The quantitative estimate of drug-likeness (QED) is 0.619. The monoisotopic (exact) mass is 334 g/mol. The molecule has 1 amide bonds. The van der Waals surface area contributed by atoms with E-state index in [0.717, 1.165) is 28.3 Å². The molecule has 1 unspecified atom stereocenters. The minimum Gasteiger partial charge on any atom is -0.338 e. The van der Waals surface area contributed by atoms with Crippen LogP contribution in [0.5, 0.6) is 0 Å². The molecule has 2 heterocycles. The lowest BCUT2D eigenvalue weighted by Gasteiger charge is -2.19. The van der Waals surface area contributed by atoms with Gasteiger partial charge in [0.2, 0.25) is 0 Å². The van der Waals surface area contributed by atoms with E-state index in [1.807, 2.05) is 77.6 Å². The van der Waals surface area contributed by atoms with E-state index in [9.17, 15) is 4.79 Å². The van der Waals surface area contributed by atoms with Gasteiger partial charge in [-0.3, -0.25) is 4.79 Å². The first-order valence-corrected chi connectivity index (χ1v) is 8.25. The average molecular weight is 334 g/mol. The number of carbonyl (C=O) groups is 1. The van der Waals surface area contributed by atoms with E-state index in [-0.39, 0.29) is 5.91 Å². The number of nitrogens with one attached hydrogen (secondary N) is 1. The first-order chi connectivity index (χ1) is 11.8. The Kier molecular flexibility index (Phi) is 3.80. The molecule has 0 radical (unpaired) electrons. The minimum absolute atomic E-state index is 0.113. The lowest BCUT2D eigenvalue weighted by Crippen LogP contribution is -2.26. The molecule has 0 fully saturated rings. The van der Waals surface area contributed by atoms with Gasteiger partial charge in [0.15, 0.2) is 0 Å². The van der Waals surface area contributed by atoms with Crippen LogP contribution in [0.2, 0.25) is 0 Å². The molecule has 6 heteroatoms. The number of anilines is 1. The summed E-state index contributed by atoms with van der Waals surface area (Å²) in [6.45, 7) is 0. The zero-order chi connectivity index (χ0) is 16.4. The molecule has 0 saturated carbocycles. The maximum Gasteiger partial charge on any atom is 0.252 e. The minimum atomic E-state index is -0.442. The Labute approximate surface area is 142 Å². The highest BCUT2D eigenvalue weighted by Gasteiger charge is 2.22. The predicted molar refractivity (Wildman–Crippen MR) is 95.1 cm³/mol. The van der Waals surface area contributed by atoms with Gasteiger partial charge in [-0.2, -0.15) is 8.75 Å². The number of hydrogen-bond donors (Lipinski definition) is 1. The molecular weight excluding hydrogens is 320 g/mol. The van der Waals surface area contributed by atoms with Crippen molar-refractivity contribution >= 4 is 34.4 Å². The maximum atomic E-state index is 13.0. The zero-order valence-electron chi connectivity index (χ0n) is 12.7. The van der Waals surface area contributed by atoms with Crippen LogP contribution in [0, 0.1) is 0 Å². The molecule has 24 heavy (non-hydrogen) atoms. The van der Waals surface area contributed by atoms with Crippen molar-refractivity contribution < 1.29 is 4.79 Å². The summed E-state index contributed by atoms with van der Waals surface area (Å²) in [4.78, 5) is 13.0. The number of nitrogens with zero attached hydrogens (tertiary/aromatic N) is 3. The summed E-state index contributed by atoms with van der Waals surface area (Å²) in [6, 6.07) is 18.7. The van der Waals surface area contributed by atoms with Gasteiger partial charge in [0.05, 0.1) is 17.4 Å². The van der Waals surface area contributed by atoms with Crippen LogP contribution in [0.15, 0.2) is 73.1 Å². The van der Waals surface area contributed by atoms with Crippen molar-refractivity contribution in [3.8, 4) is 0 Å². The van der Waals surface area contributed by atoms with Crippen LogP contribution in [-0.2, 0) is 4.79 Å². The molecule has 0 aliphatic heterocycles. The summed E-state index contributed by atoms with van der Waals surface area (Å²) in [5.74, 6) is -0.113. The van der Waals surface area contributed by atoms with E-state index in [0.29, 0.717) is 5.69 Å². The number of rotatable bonds is 4. The Hall–Kier alpha value is -2.99. The van der Waals surface area contributed by atoms with E-state index < -0.39 is 6.04 Å². The Morgan fingerprint density at radius 3 is 2.54 bits per heavy atom. The summed E-state index contributed by atoms with van der Waals surface area (Å²) >= 11 is 1.14.